The van der Waals surface area contributed by atoms with E-state index in [0.717, 1.165) is 33.2 Å². The molecule has 0 saturated heterocycles. The summed E-state index contributed by atoms with van der Waals surface area (Å²) >= 11 is 1.64. The molecule has 0 unspecified atom stereocenters. The summed E-state index contributed by atoms with van der Waals surface area (Å²) in [4.78, 5) is 6.84. The smallest absolute Gasteiger partial charge is 0.195 e. The zero-order valence-electron chi connectivity index (χ0n) is 13.4. The van der Waals surface area contributed by atoms with Gasteiger partial charge in [-0.25, -0.2) is 4.98 Å². The van der Waals surface area contributed by atoms with E-state index in [2.05, 4.69) is 49.5 Å². The van der Waals surface area contributed by atoms with Crippen LogP contribution in [0.1, 0.15) is 18.2 Å². The summed E-state index contributed by atoms with van der Waals surface area (Å²) in [6, 6.07) is 18.7. The minimum Gasteiger partial charge on any atom is -0.390 e. The molecule has 0 fully saturated rings. The van der Waals surface area contributed by atoms with Crippen LogP contribution in [0, 0.1) is 0 Å². The highest BCUT2D eigenvalue weighted by atomic mass is 32.1. The summed E-state index contributed by atoms with van der Waals surface area (Å²) in [5.41, 5.74) is 5.23. The Morgan fingerprint density at radius 3 is 2.42 bits per heavy atom. The summed E-state index contributed by atoms with van der Waals surface area (Å²) < 4.78 is 2.01. The molecule has 0 atom stereocenters. The number of fused-ring (bicyclic) bond motifs is 1. The molecule has 120 valence electrons. The molecule has 24 heavy (non-hydrogen) atoms. The maximum Gasteiger partial charge on any atom is 0.195 e. The fourth-order valence-corrected chi connectivity index (χ4v) is 3.91. The predicted octanol–water partition coefficient (Wildman–Crippen LogP) is 4.78. The second kappa shape index (κ2) is 6.23. The highest BCUT2D eigenvalue weighted by Gasteiger charge is 2.16. The number of aromatic nitrogens is 2. The molecule has 2 aromatic heterocycles. The van der Waals surface area contributed by atoms with E-state index < -0.39 is 0 Å². The molecule has 0 radical (unpaired) electrons. The Morgan fingerprint density at radius 2 is 1.75 bits per heavy atom. The first-order valence-corrected chi connectivity index (χ1v) is 8.88. The van der Waals surface area contributed by atoms with Crippen LogP contribution in [0.2, 0.25) is 0 Å². The first kappa shape index (κ1) is 15.1. The van der Waals surface area contributed by atoms with Crippen molar-refractivity contribution in [1.82, 2.24) is 9.38 Å². The van der Waals surface area contributed by atoms with Gasteiger partial charge in [-0.1, -0.05) is 72.9 Å². The van der Waals surface area contributed by atoms with Crippen LogP contribution in [0.25, 0.3) is 26.7 Å². The number of benzene rings is 2. The molecule has 0 aliphatic rings. The van der Waals surface area contributed by atoms with E-state index in [1.807, 2.05) is 22.6 Å². The molecule has 0 amide bonds. The lowest BCUT2D eigenvalue weighted by atomic mass is 10.1. The van der Waals surface area contributed by atoms with Gasteiger partial charge in [-0.05, 0) is 17.5 Å². The third-order valence-corrected chi connectivity index (χ3v) is 5.30. The van der Waals surface area contributed by atoms with Gasteiger partial charge in [0.25, 0.3) is 0 Å². The lowest BCUT2D eigenvalue weighted by molar-refractivity contribution is 0.276. The van der Waals surface area contributed by atoms with Crippen LogP contribution in [-0.2, 0) is 13.0 Å². The summed E-state index contributed by atoms with van der Waals surface area (Å²) in [6.07, 6.45) is 3.09. The normalized spacial score (nSPS) is 11.2. The number of aliphatic hydroxyl groups is 1. The number of hydrogen-bond acceptors (Lipinski definition) is 3. The van der Waals surface area contributed by atoms with Crippen molar-refractivity contribution in [3.8, 4) is 21.7 Å². The van der Waals surface area contributed by atoms with Crippen molar-refractivity contribution in [3.05, 3.63) is 72.1 Å². The Bertz CT molecular complexity index is 968. The quantitative estimate of drug-likeness (QED) is 0.583. The fraction of sp³-hybridized carbons (Fsp3) is 0.150. The molecule has 4 aromatic rings. The van der Waals surface area contributed by atoms with Crippen LogP contribution in [0.3, 0.4) is 0 Å². The minimum absolute atomic E-state index is 0.0308. The van der Waals surface area contributed by atoms with Crippen molar-refractivity contribution in [3.63, 3.8) is 0 Å². The average Bonchev–Trinajstić information content (AvgIpc) is 3.20. The van der Waals surface area contributed by atoms with E-state index >= 15 is 0 Å². The Hall–Kier alpha value is -2.43. The largest absolute Gasteiger partial charge is 0.390 e. The van der Waals surface area contributed by atoms with Gasteiger partial charge in [-0.3, -0.25) is 4.40 Å². The van der Waals surface area contributed by atoms with E-state index in [1.54, 1.807) is 11.3 Å². The summed E-state index contributed by atoms with van der Waals surface area (Å²) in [6.45, 7) is 2.11. The number of nitrogens with zero attached hydrogens (tertiary/aromatic N) is 2. The standard InChI is InChI=1S/C20H18N2OS/c1-2-14-8-10-16(11-9-14)19-17(13-23)22-12-18(24-20(22)21-19)15-6-4-3-5-7-15/h3-12,23H,2,13H2,1H3. The van der Waals surface area contributed by atoms with E-state index in [4.69, 9.17) is 4.98 Å². The van der Waals surface area contributed by atoms with Gasteiger partial charge in [0, 0.05) is 11.8 Å². The zero-order valence-corrected chi connectivity index (χ0v) is 14.3. The molecule has 1 N–H and O–H groups in total. The number of imidazole rings is 1. The van der Waals surface area contributed by atoms with Crippen molar-refractivity contribution in [2.45, 2.75) is 20.0 Å². The molecular weight excluding hydrogens is 316 g/mol. The minimum atomic E-state index is -0.0308. The first-order chi connectivity index (χ1) is 11.8. The van der Waals surface area contributed by atoms with E-state index in [9.17, 15) is 5.11 Å². The van der Waals surface area contributed by atoms with Crippen LogP contribution < -0.4 is 0 Å². The van der Waals surface area contributed by atoms with E-state index in [0.29, 0.717) is 0 Å². The second-order valence-corrected chi connectivity index (χ2v) is 6.74. The maximum absolute atomic E-state index is 9.89. The van der Waals surface area contributed by atoms with Crippen LogP contribution in [0.15, 0.2) is 60.8 Å². The second-order valence-electron chi connectivity index (χ2n) is 5.73. The summed E-state index contributed by atoms with van der Waals surface area (Å²) in [7, 11) is 0. The maximum atomic E-state index is 9.89. The number of hydrogen-bond donors (Lipinski definition) is 1. The fourth-order valence-electron chi connectivity index (χ4n) is 2.91. The summed E-state index contributed by atoms with van der Waals surface area (Å²) in [5, 5.41) is 9.89. The third kappa shape index (κ3) is 2.54. The first-order valence-electron chi connectivity index (χ1n) is 8.06. The zero-order chi connectivity index (χ0) is 16.5. The Labute approximate surface area is 144 Å². The highest BCUT2D eigenvalue weighted by Crippen LogP contribution is 2.33. The predicted molar refractivity (Wildman–Crippen MR) is 99.2 cm³/mol. The van der Waals surface area contributed by atoms with Gasteiger partial charge in [-0.2, -0.15) is 0 Å². The van der Waals surface area contributed by atoms with Crippen LogP contribution >= 0.6 is 11.3 Å². The topological polar surface area (TPSA) is 37.5 Å². The number of rotatable bonds is 4. The lowest BCUT2D eigenvalue weighted by Gasteiger charge is -2.03. The van der Waals surface area contributed by atoms with Gasteiger partial charge < -0.3 is 5.11 Å². The van der Waals surface area contributed by atoms with Gasteiger partial charge in [0.15, 0.2) is 4.96 Å². The Morgan fingerprint density at radius 1 is 1.00 bits per heavy atom. The monoisotopic (exact) mass is 334 g/mol. The molecule has 4 rings (SSSR count). The van der Waals surface area contributed by atoms with Crippen LogP contribution in [0.5, 0.6) is 0 Å². The van der Waals surface area contributed by atoms with Gasteiger partial charge in [0.1, 0.15) is 0 Å². The van der Waals surface area contributed by atoms with Crippen molar-refractivity contribution < 1.29 is 5.11 Å². The molecule has 0 aliphatic carbocycles. The number of aryl methyl sites for hydroxylation is 1. The molecular formula is C20H18N2OS. The molecule has 0 spiro atoms. The van der Waals surface area contributed by atoms with Crippen molar-refractivity contribution in [1.29, 1.82) is 0 Å². The van der Waals surface area contributed by atoms with Crippen LogP contribution in [-0.4, -0.2) is 14.5 Å². The number of thiazole rings is 1. The SMILES string of the molecule is CCc1ccc(-c2nc3sc(-c4ccccc4)cn3c2CO)cc1. The Balaban J connectivity index is 1.81. The van der Waals surface area contributed by atoms with E-state index in [-0.39, 0.29) is 6.61 Å². The number of aliphatic hydroxyl groups excluding tert-OH is 1. The molecule has 2 heterocycles. The van der Waals surface area contributed by atoms with Gasteiger partial charge in [0.2, 0.25) is 0 Å². The molecule has 0 saturated carbocycles. The van der Waals surface area contributed by atoms with Crippen molar-refractivity contribution in [2.24, 2.45) is 0 Å². The molecule has 2 aromatic carbocycles. The molecule has 4 heteroatoms. The lowest BCUT2D eigenvalue weighted by Crippen LogP contribution is -1.92. The van der Waals surface area contributed by atoms with Crippen LogP contribution in [0.4, 0.5) is 0 Å². The van der Waals surface area contributed by atoms with E-state index in [1.165, 1.54) is 11.1 Å². The average molecular weight is 334 g/mol. The Kier molecular flexibility index (Phi) is 3.92. The van der Waals surface area contributed by atoms with Gasteiger partial charge in [0.05, 0.1) is 22.9 Å². The van der Waals surface area contributed by atoms with Gasteiger partial charge >= 0.3 is 0 Å². The molecule has 0 aliphatic heterocycles. The van der Waals surface area contributed by atoms with Crippen molar-refractivity contribution >= 4 is 16.3 Å². The third-order valence-electron chi connectivity index (χ3n) is 4.27. The molecule has 3 nitrogen and oxygen atoms in total. The molecule has 0 bridgehead atoms. The summed E-state index contributed by atoms with van der Waals surface area (Å²) in [5.74, 6) is 0. The van der Waals surface area contributed by atoms with Gasteiger partial charge in [-0.15, -0.1) is 0 Å². The van der Waals surface area contributed by atoms with Crippen molar-refractivity contribution in [2.75, 3.05) is 0 Å². The highest BCUT2D eigenvalue weighted by molar-refractivity contribution is 7.20.